The van der Waals surface area contributed by atoms with Crippen LogP contribution in [0.5, 0.6) is 0 Å². The van der Waals surface area contributed by atoms with Gasteiger partial charge in [-0.3, -0.25) is 0 Å². The molecule has 0 spiro atoms. The van der Waals surface area contributed by atoms with E-state index in [0.29, 0.717) is 0 Å². The molecule has 0 saturated heterocycles. The summed E-state index contributed by atoms with van der Waals surface area (Å²) >= 11 is 5.65. The molecule has 0 bridgehead atoms. The fraction of sp³-hybridized carbons (Fsp3) is 1.00. The Morgan fingerprint density at radius 2 is 0.905 bits per heavy atom. The second kappa shape index (κ2) is 18.3. The van der Waals surface area contributed by atoms with Crippen LogP contribution in [0.15, 0.2) is 0 Å². The van der Waals surface area contributed by atoms with Gasteiger partial charge in [0, 0.05) is 5.88 Å². The molecule has 0 radical (unpaired) electrons. The normalized spacial score (nSPS) is 12.7. The molecule has 0 aromatic carbocycles. The Hall–Kier alpha value is 0.210. The third-order valence-corrected chi connectivity index (χ3v) is 4.40. The zero-order valence-electron chi connectivity index (χ0n) is 13.9. The average molecular weight is 321 g/mol. The Kier molecular flexibility index (Phi) is 18.4. The molecule has 0 rings (SSSR count). The molecular formula is C18H37ClO2. The number of aliphatic hydroxyl groups excluding tert-OH is 2. The van der Waals surface area contributed by atoms with E-state index in [1.807, 2.05) is 0 Å². The van der Waals surface area contributed by atoms with E-state index in [4.69, 9.17) is 16.7 Å². The van der Waals surface area contributed by atoms with Gasteiger partial charge in [0.25, 0.3) is 0 Å². The van der Waals surface area contributed by atoms with Gasteiger partial charge in [-0.2, -0.15) is 0 Å². The van der Waals surface area contributed by atoms with Gasteiger partial charge in [0.1, 0.15) is 0 Å². The highest BCUT2D eigenvalue weighted by Crippen LogP contribution is 2.13. The van der Waals surface area contributed by atoms with Crippen molar-refractivity contribution in [2.24, 2.45) is 0 Å². The summed E-state index contributed by atoms with van der Waals surface area (Å²) in [6.07, 6.45) is 18.7. The molecule has 1 unspecified atom stereocenters. The highest BCUT2D eigenvalue weighted by Gasteiger charge is 2.00. The van der Waals surface area contributed by atoms with Crippen molar-refractivity contribution in [3.8, 4) is 0 Å². The third-order valence-electron chi connectivity index (χ3n) is 4.13. The van der Waals surface area contributed by atoms with Gasteiger partial charge >= 0.3 is 0 Å². The summed E-state index contributed by atoms with van der Waals surface area (Å²) in [6.45, 7) is -0.0906. The van der Waals surface area contributed by atoms with Crippen molar-refractivity contribution >= 4 is 11.6 Å². The standard InChI is InChI=1S/C18H37ClO2/c19-16-14-12-10-8-6-4-2-1-3-5-7-9-11-13-15-18(21)17-20/h18,20-21H,1-17H2. The van der Waals surface area contributed by atoms with Crippen LogP contribution < -0.4 is 0 Å². The Labute approximate surface area is 137 Å². The number of rotatable bonds is 17. The zero-order chi connectivity index (χ0) is 15.6. The van der Waals surface area contributed by atoms with Gasteiger partial charge in [-0.1, -0.05) is 83.5 Å². The summed E-state index contributed by atoms with van der Waals surface area (Å²) in [5.41, 5.74) is 0. The van der Waals surface area contributed by atoms with Crippen molar-refractivity contribution in [1.29, 1.82) is 0 Å². The smallest absolute Gasteiger partial charge is 0.0770 e. The van der Waals surface area contributed by atoms with Crippen molar-refractivity contribution in [3.63, 3.8) is 0 Å². The fourth-order valence-electron chi connectivity index (χ4n) is 2.69. The minimum Gasteiger partial charge on any atom is -0.394 e. The van der Waals surface area contributed by atoms with E-state index in [9.17, 15) is 5.11 Å². The van der Waals surface area contributed by atoms with Crippen LogP contribution in [0.25, 0.3) is 0 Å². The lowest BCUT2D eigenvalue weighted by Gasteiger charge is -2.06. The van der Waals surface area contributed by atoms with E-state index in [0.717, 1.165) is 18.7 Å². The van der Waals surface area contributed by atoms with Gasteiger partial charge < -0.3 is 10.2 Å². The average Bonchev–Trinajstić information content (AvgIpc) is 2.50. The lowest BCUT2D eigenvalue weighted by atomic mass is 10.0. The predicted molar refractivity (Wildman–Crippen MR) is 93.1 cm³/mol. The van der Waals surface area contributed by atoms with E-state index in [1.54, 1.807) is 0 Å². The minimum absolute atomic E-state index is 0.0906. The molecule has 0 amide bonds. The molecular weight excluding hydrogens is 284 g/mol. The van der Waals surface area contributed by atoms with Crippen molar-refractivity contribution in [3.05, 3.63) is 0 Å². The molecule has 0 aromatic rings. The van der Waals surface area contributed by atoms with Gasteiger partial charge in [-0.05, 0) is 12.8 Å². The maximum absolute atomic E-state index is 9.21. The molecule has 21 heavy (non-hydrogen) atoms. The first-order chi connectivity index (χ1) is 10.3. The first-order valence-corrected chi connectivity index (χ1v) is 9.69. The fourth-order valence-corrected chi connectivity index (χ4v) is 2.88. The highest BCUT2D eigenvalue weighted by molar-refractivity contribution is 6.17. The second-order valence-electron chi connectivity index (χ2n) is 6.26. The van der Waals surface area contributed by atoms with Crippen LogP contribution in [0.3, 0.4) is 0 Å². The third kappa shape index (κ3) is 18.2. The Balaban J connectivity index is 2.96. The topological polar surface area (TPSA) is 40.5 Å². The van der Waals surface area contributed by atoms with Gasteiger partial charge in [0.2, 0.25) is 0 Å². The number of hydrogen-bond acceptors (Lipinski definition) is 2. The summed E-state index contributed by atoms with van der Waals surface area (Å²) in [6, 6.07) is 0. The first-order valence-electron chi connectivity index (χ1n) is 9.16. The summed E-state index contributed by atoms with van der Waals surface area (Å²) in [5, 5.41) is 17.9. The van der Waals surface area contributed by atoms with E-state index >= 15 is 0 Å². The molecule has 3 heteroatoms. The predicted octanol–water partition coefficient (Wildman–Crippen LogP) is 5.43. The van der Waals surface area contributed by atoms with Crippen LogP contribution in [0.1, 0.15) is 96.3 Å². The van der Waals surface area contributed by atoms with Crippen LogP contribution in [0.4, 0.5) is 0 Å². The van der Waals surface area contributed by atoms with Crippen molar-refractivity contribution < 1.29 is 10.2 Å². The number of hydrogen-bond donors (Lipinski definition) is 2. The SMILES string of the molecule is OCC(O)CCCCCCCCCCCCCCCCCl. The van der Waals surface area contributed by atoms with E-state index in [1.165, 1.54) is 83.5 Å². The molecule has 0 aliphatic rings. The quantitative estimate of drug-likeness (QED) is 0.277. The molecule has 0 heterocycles. The van der Waals surface area contributed by atoms with Gasteiger partial charge in [0.15, 0.2) is 0 Å². The van der Waals surface area contributed by atoms with Crippen LogP contribution in [0, 0.1) is 0 Å². The first kappa shape index (κ1) is 21.2. The van der Waals surface area contributed by atoms with E-state index in [-0.39, 0.29) is 6.61 Å². The van der Waals surface area contributed by atoms with Gasteiger partial charge in [0.05, 0.1) is 12.7 Å². The minimum atomic E-state index is -0.500. The summed E-state index contributed by atoms with van der Waals surface area (Å²) < 4.78 is 0. The van der Waals surface area contributed by atoms with Crippen LogP contribution in [0.2, 0.25) is 0 Å². The number of unbranched alkanes of at least 4 members (excludes halogenated alkanes) is 13. The Morgan fingerprint density at radius 1 is 0.571 bits per heavy atom. The summed E-state index contributed by atoms with van der Waals surface area (Å²) in [5.74, 6) is 0.821. The molecule has 0 saturated carbocycles. The van der Waals surface area contributed by atoms with Gasteiger partial charge in [-0.15, -0.1) is 11.6 Å². The number of alkyl halides is 1. The van der Waals surface area contributed by atoms with E-state index in [2.05, 4.69) is 0 Å². The van der Waals surface area contributed by atoms with Gasteiger partial charge in [-0.25, -0.2) is 0 Å². The lowest BCUT2D eigenvalue weighted by molar-refractivity contribution is 0.0860. The lowest BCUT2D eigenvalue weighted by Crippen LogP contribution is -2.10. The van der Waals surface area contributed by atoms with E-state index < -0.39 is 6.10 Å². The zero-order valence-corrected chi connectivity index (χ0v) is 14.6. The number of aliphatic hydroxyl groups is 2. The maximum Gasteiger partial charge on any atom is 0.0770 e. The van der Waals surface area contributed by atoms with Crippen molar-refractivity contribution in [2.45, 2.75) is 102 Å². The Morgan fingerprint density at radius 3 is 1.24 bits per heavy atom. The molecule has 128 valence electrons. The van der Waals surface area contributed by atoms with Crippen LogP contribution in [-0.4, -0.2) is 28.8 Å². The molecule has 0 fully saturated rings. The summed E-state index contributed by atoms with van der Waals surface area (Å²) in [4.78, 5) is 0. The van der Waals surface area contributed by atoms with Crippen molar-refractivity contribution in [2.75, 3.05) is 12.5 Å². The number of halogens is 1. The van der Waals surface area contributed by atoms with Crippen molar-refractivity contribution in [1.82, 2.24) is 0 Å². The largest absolute Gasteiger partial charge is 0.394 e. The molecule has 0 aliphatic heterocycles. The molecule has 0 aromatic heterocycles. The summed E-state index contributed by atoms with van der Waals surface area (Å²) in [7, 11) is 0. The van der Waals surface area contributed by atoms with Crippen LogP contribution in [-0.2, 0) is 0 Å². The highest BCUT2D eigenvalue weighted by atomic mass is 35.5. The monoisotopic (exact) mass is 320 g/mol. The molecule has 2 N–H and O–H groups in total. The van der Waals surface area contributed by atoms with Crippen LogP contribution >= 0.6 is 11.6 Å². The molecule has 1 atom stereocenters. The molecule has 2 nitrogen and oxygen atoms in total. The maximum atomic E-state index is 9.21. The Bertz CT molecular complexity index is 188. The second-order valence-corrected chi connectivity index (χ2v) is 6.64. The molecule has 0 aliphatic carbocycles.